The Kier molecular flexibility index (Phi) is 4.29. The summed E-state index contributed by atoms with van der Waals surface area (Å²) in [5.41, 5.74) is 1.96. The van der Waals surface area contributed by atoms with Crippen molar-refractivity contribution >= 4 is 22.2 Å². The topological polar surface area (TPSA) is 62.1 Å². The van der Waals surface area contributed by atoms with Crippen LogP contribution in [0.3, 0.4) is 0 Å². The maximum atomic E-state index is 12.1. The Labute approximate surface area is 115 Å². The molecule has 0 fully saturated rings. The summed E-state index contributed by atoms with van der Waals surface area (Å²) in [5, 5.41) is 14.0. The third-order valence-corrected chi connectivity index (χ3v) is 3.34. The Morgan fingerprint density at radius 1 is 1.47 bits per heavy atom. The van der Waals surface area contributed by atoms with Gasteiger partial charge in [0, 0.05) is 12.7 Å². The van der Waals surface area contributed by atoms with Gasteiger partial charge in [0.15, 0.2) is 0 Å². The van der Waals surface area contributed by atoms with Crippen LogP contribution in [0.4, 0.5) is 5.00 Å². The van der Waals surface area contributed by atoms with E-state index >= 15 is 0 Å². The number of thiophene rings is 1. The van der Waals surface area contributed by atoms with Crippen LogP contribution in [0.5, 0.6) is 0 Å². The lowest BCUT2D eigenvalue weighted by Gasteiger charge is -2.05. The van der Waals surface area contributed by atoms with Gasteiger partial charge in [-0.2, -0.15) is 5.26 Å². The summed E-state index contributed by atoms with van der Waals surface area (Å²) in [5.74, 6) is -0.225. The zero-order valence-corrected chi connectivity index (χ0v) is 11.2. The van der Waals surface area contributed by atoms with Gasteiger partial charge in [0.25, 0.3) is 5.91 Å². The number of carbonyl (C=O) groups excluding carboxylic acids is 1. The van der Waals surface area contributed by atoms with E-state index in [1.165, 1.54) is 11.3 Å². The summed E-state index contributed by atoms with van der Waals surface area (Å²) >= 11 is 1.33. The fourth-order valence-electron chi connectivity index (χ4n) is 1.64. The maximum Gasteiger partial charge on any atom is 0.256 e. The second kappa shape index (κ2) is 6.14. The van der Waals surface area contributed by atoms with Crippen LogP contribution in [-0.4, -0.2) is 13.0 Å². The molecular weight excluding hydrogens is 260 g/mol. The summed E-state index contributed by atoms with van der Waals surface area (Å²) in [6.07, 6.45) is 0. The lowest BCUT2D eigenvalue weighted by atomic mass is 10.1. The van der Waals surface area contributed by atoms with Gasteiger partial charge < -0.3 is 10.1 Å². The van der Waals surface area contributed by atoms with Crippen molar-refractivity contribution in [3.63, 3.8) is 0 Å². The molecule has 0 aliphatic heterocycles. The van der Waals surface area contributed by atoms with Gasteiger partial charge in [-0.1, -0.05) is 12.1 Å². The van der Waals surface area contributed by atoms with Gasteiger partial charge >= 0.3 is 0 Å². The molecule has 0 aliphatic rings. The third kappa shape index (κ3) is 3.19. The van der Waals surface area contributed by atoms with Crippen LogP contribution in [0.15, 0.2) is 35.7 Å². The Morgan fingerprint density at radius 2 is 2.32 bits per heavy atom. The van der Waals surface area contributed by atoms with Crippen LogP contribution in [0.25, 0.3) is 0 Å². The first kappa shape index (κ1) is 13.3. The van der Waals surface area contributed by atoms with E-state index < -0.39 is 0 Å². The zero-order chi connectivity index (χ0) is 13.7. The monoisotopic (exact) mass is 272 g/mol. The van der Waals surface area contributed by atoms with E-state index in [9.17, 15) is 4.79 Å². The van der Waals surface area contributed by atoms with Crippen molar-refractivity contribution in [3.05, 3.63) is 52.4 Å². The SMILES string of the molecule is COCc1cccc(C(=O)Nc2sccc2C#N)c1. The summed E-state index contributed by atoms with van der Waals surface area (Å²) in [6.45, 7) is 0.462. The molecular formula is C14H12N2O2S. The molecule has 0 unspecified atom stereocenters. The minimum atomic E-state index is -0.225. The molecule has 0 saturated heterocycles. The first-order valence-corrected chi connectivity index (χ1v) is 6.49. The molecule has 19 heavy (non-hydrogen) atoms. The van der Waals surface area contributed by atoms with Gasteiger partial charge in [-0.15, -0.1) is 11.3 Å². The molecule has 1 aromatic carbocycles. The minimum Gasteiger partial charge on any atom is -0.380 e. The van der Waals surface area contributed by atoms with Crippen LogP contribution in [0.1, 0.15) is 21.5 Å². The summed E-state index contributed by atoms with van der Waals surface area (Å²) < 4.78 is 5.03. The fraction of sp³-hybridized carbons (Fsp3) is 0.143. The molecule has 1 aromatic heterocycles. The predicted molar refractivity (Wildman–Crippen MR) is 74.1 cm³/mol. The van der Waals surface area contributed by atoms with E-state index in [1.807, 2.05) is 18.2 Å². The highest BCUT2D eigenvalue weighted by atomic mass is 32.1. The van der Waals surface area contributed by atoms with Crippen LogP contribution in [-0.2, 0) is 11.3 Å². The van der Waals surface area contributed by atoms with Gasteiger partial charge in [0.1, 0.15) is 11.1 Å². The van der Waals surface area contributed by atoms with Crippen molar-refractivity contribution in [2.45, 2.75) is 6.61 Å². The number of hydrogen-bond donors (Lipinski definition) is 1. The number of carbonyl (C=O) groups is 1. The van der Waals surface area contributed by atoms with Crippen molar-refractivity contribution in [3.8, 4) is 6.07 Å². The van der Waals surface area contributed by atoms with Crippen molar-refractivity contribution in [1.82, 2.24) is 0 Å². The Bertz CT molecular complexity index is 628. The second-order valence-electron chi connectivity index (χ2n) is 3.86. The largest absolute Gasteiger partial charge is 0.380 e. The molecule has 0 saturated carbocycles. The van der Waals surface area contributed by atoms with Crippen LogP contribution >= 0.6 is 11.3 Å². The molecule has 0 aliphatic carbocycles. The van der Waals surface area contributed by atoms with Crippen LogP contribution < -0.4 is 5.32 Å². The minimum absolute atomic E-state index is 0.225. The first-order chi connectivity index (χ1) is 9.24. The Morgan fingerprint density at radius 3 is 3.05 bits per heavy atom. The smallest absolute Gasteiger partial charge is 0.256 e. The molecule has 0 spiro atoms. The Hall–Kier alpha value is -2.16. The molecule has 96 valence electrons. The van der Waals surface area contributed by atoms with Gasteiger partial charge in [0.2, 0.25) is 0 Å². The molecule has 1 N–H and O–H groups in total. The molecule has 0 bridgehead atoms. The van der Waals surface area contributed by atoms with E-state index in [4.69, 9.17) is 10.00 Å². The molecule has 2 rings (SSSR count). The van der Waals surface area contributed by atoms with E-state index in [0.717, 1.165) is 5.56 Å². The van der Waals surface area contributed by atoms with Crippen molar-refractivity contribution in [1.29, 1.82) is 5.26 Å². The van der Waals surface area contributed by atoms with E-state index in [-0.39, 0.29) is 5.91 Å². The number of rotatable bonds is 4. The molecule has 5 heteroatoms. The van der Waals surface area contributed by atoms with E-state index in [2.05, 4.69) is 5.32 Å². The van der Waals surface area contributed by atoms with Gasteiger partial charge in [0.05, 0.1) is 12.2 Å². The highest BCUT2D eigenvalue weighted by Crippen LogP contribution is 2.23. The number of methoxy groups -OCH3 is 1. The third-order valence-electron chi connectivity index (χ3n) is 2.51. The van der Waals surface area contributed by atoms with Gasteiger partial charge in [-0.3, -0.25) is 4.79 Å². The number of nitrogens with one attached hydrogen (secondary N) is 1. The normalized spacial score (nSPS) is 9.89. The molecule has 1 amide bonds. The lowest BCUT2D eigenvalue weighted by Crippen LogP contribution is -2.12. The van der Waals surface area contributed by atoms with E-state index in [1.54, 1.807) is 30.7 Å². The molecule has 0 radical (unpaired) electrons. The number of amides is 1. The lowest BCUT2D eigenvalue weighted by molar-refractivity contribution is 0.102. The number of hydrogen-bond acceptors (Lipinski definition) is 4. The standard InChI is InChI=1S/C14H12N2O2S/c1-18-9-10-3-2-4-11(7-10)13(17)16-14-12(8-15)5-6-19-14/h2-7H,9H2,1H3,(H,16,17). The number of anilines is 1. The fourth-order valence-corrected chi connectivity index (χ4v) is 2.37. The van der Waals surface area contributed by atoms with Crippen molar-refractivity contribution in [2.75, 3.05) is 12.4 Å². The highest BCUT2D eigenvalue weighted by molar-refractivity contribution is 7.14. The predicted octanol–water partition coefficient (Wildman–Crippen LogP) is 3.02. The molecule has 4 nitrogen and oxygen atoms in total. The first-order valence-electron chi connectivity index (χ1n) is 5.61. The second-order valence-corrected chi connectivity index (χ2v) is 4.78. The maximum absolute atomic E-state index is 12.1. The number of nitriles is 1. The quantitative estimate of drug-likeness (QED) is 0.930. The zero-order valence-electron chi connectivity index (χ0n) is 10.3. The highest BCUT2D eigenvalue weighted by Gasteiger charge is 2.10. The van der Waals surface area contributed by atoms with Crippen LogP contribution in [0.2, 0.25) is 0 Å². The molecule has 0 atom stereocenters. The number of benzene rings is 1. The van der Waals surface area contributed by atoms with E-state index in [0.29, 0.717) is 22.7 Å². The van der Waals surface area contributed by atoms with Gasteiger partial charge in [-0.25, -0.2) is 0 Å². The summed E-state index contributed by atoms with van der Waals surface area (Å²) in [7, 11) is 1.61. The van der Waals surface area contributed by atoms with Crippen molar-refractivity contribution < 1.29 is 9.53 Å². The summed E-state index contributed by atoms with van der Waals surface area (Å²) in [4.78, 5) is 12.1. The van der Waals surface area contributed by atoms with Crippen molar-refractivity contribution in [2.24, 2.45) is 0 Å². The number of nitrogens with zero attached hydrogens (tertiary/aromatic N) is 1. The molecule has 2 aromatic rings. The number of ether oxygens (including phenoxy) is 1. The molecule has 1 heterocycles. The average molecular weight is 272 g/mol. The Balaban J connectivity index is 2.16. The van der Waals surface area contributed by atoms with Crippen LogP contribution in [0, 0.1) is 11.3 Å². The summed E-state index contributed by atoms with van der Waals surface area (Å²) in [6, 6.07) is 10.9. The average Bonchev–Trinajstić information content (AvgIpc) is 2.86. The van der Waals surface area contributed by atoms with Gasteiger partial charge in [-0.05, 0) is 29.1 Å².